The molecule has 0 aliphatic carbocycles. The number of hydrogen-bond donors (Lipinski definition) is 0. The molecule has 0 heterocycles. The topological polar surface area (TPSA) is 40.9 Å². The molecule has 0 fully saturated rings. The third-order valence-electron chi connectivity index (χ3n) is 1.70. The zero-order chi connectivity index (χ0) is 10.7. The molecule has 1 aromatic rings. The van der Waals surface area contributed by atoms with Gasteiger partial charge in [0, 0.05) is 4.47 Å². The summed E-state index contributed by atoms with van der Waals surface area (Å²) in [6.45, 7) is 1.51. The van der Waals surface area contributed by atoms with Crippen LogP contribution in [-0.4, -0.2) is 5.78 Å². The van der Waals surface area contributed by atoms with Crippen LogP contribution in [-0.2, 0) is 4.79 Å². The highest BCUT2D eigenvalue weighted by atomic mass is 79.9. The zero-order valence-electron chi connectivity index (χ0n) is 7.42. The summed E-state index contributed by atoms with van der Waals surface area (Å²) in [4.78, 5) is 10.8. The van der Waals surface area contributed by atoms with E-state index in [-0.39, 0.29) is 10.6 Å². The van der Waals surface area contributed by atoms with Crippen molar-refractivity contribution in [3.05, 3.63) is 33.8 Å². The van der Waals surface area contributed by atoms with Crippen molar-refractivity contribution in [2.45, 2.75) is 11.8 Å². The number of carbonyl (C=O) groups excluding carboxylic acids is 1. The van der Waals surface area contributed by atoms with Gasteiger partial charge in [0.15, 0.2) is 0 Å². The van der Waals surface area contributed by atoms with Crippen molar-refractivity contribution in [3.63, 3.8) is 0 Å². The van der Waals surface area contributed by atoms with E-state index in [1.54, 1.807) is 12.1 Å². The molecule has 0 aromatic heterocycles. The largest absolute Gasteiger partial charge is 0.298 e. The summed E-state index contributed by atoms with van der Waals surface area (Å²) >= 11 is 6.56. The van der Waals surface area contributed by atoms with Gasteiger partial charge in [-0.05, 0) is 30.7 Å². The van der Waals surface area contributed by atoms with E-state index in [1.165, 1.54) is 6.92 Å². The van der Waals surface area contributed by atoms with Crippen LogP contribution < -0.4 is 0 Å². The maximum atomic E-state index is 11.1. The van der Waals surface area contributed by atoms with E-state index in [1.807, 2.05) is 12.1 Å². The van der Waals surface area contributed by atoms with Crippen molar-refractivity contribution in [2.24, 2.45) is 0 Å². The molecule has 0 saturated heterocycles. The molecule has 14 heavy (non-hydrogen) atoms. The van der Waals surface area contributed by atoms with Gasteiger partial charge < -0.3 is 0 Å². The highest BCUT2D eigenvalue weighted by Gasteiger charge is 2.13. The van der Waals surface area contributed by atoms with E-state index in [9.17, 15) is 4.79 Å². The molecule has 4 heteroatoms. The lowest BCUT2D eigenvalue weighted by molar-refractivity contribution is -0.116. The molecular weight excluding hydrogens is 310 g/mol. The fourth-order valence-electron chi connectivity index (χ4n) is 1.06. The first-order valence-corrected chi connectivity index (χ1v) is 5.60. The Balaban J connectivity index is 3.17. The molecule has 0 N–H and O–H groups in total. The van der Waals surface area contributed by atoms with Crippen LogP contribution in [0.2, 0.25) is 0 Å². The number of carbonyl (C=O) groups is 1. The van der Waals surface area contributed by atoms with Gasteiger partial charge in [0.25, 0.3) is 0 Å². The molecule has 1 unspecified atom stereocenters. The van der Waals surface area contributed by atoms with Crippen LogP contribution in [0.5, 0.6) is 0 Å². The number of rotatable bonds is 2. The molecule has 72 valence electrons. The molecule has 0 aliphatic rings. The third kappa shape index (κ3) is 2.66. The monoisotopic (exact) mass is 315 g/mol. The van der Waals surface area contributed by atoms with E-state index < -0.39 is 0 Å². The van der Waals surface area contributed by atoms with Crippen molar-refractivity contribution in [1.29, 1.82) is 5.26 Å². The molecule has 0 saturated carbocycles. The van der Waals surface area contributed by atoms with Gasteiger partial charge in [-0.15, -0.1) is 0 Å². The minimum absolute atomic E-state index is 0.0204. The highest BCUT2D eigenvalue weighted by molar-refractivity contribution is 9.10. The molecule has 1 aromatic carbocycles. The minimum atomic E-state index is -0.341. The third-order valence-corrected chi connectivity index (χ3v) is 3.33. The molecule has 0 aliphatic heterocycles. The Labute approximate surface area is 99.2 Å². The summed E-state index contributed by atoms with van der Waals surface area (Å²) < 4.78 is 0.803. The number of Topliss-reactive ketones (excluding diaryl/α,β-unsaturated/α-hetero) is 1. The van der Waals surface area contributed by atoms with Crippen molar-refractivity contribution in [1.82, 2.24) is 0 Å². The Morgan fingerprint density at radius 1 is 1.50 bits per heavy atom. The summed E-state index contributed by atoms with van der Waals surface area (Å²) in [6, 6.07) is 7.27. The average molecular weight is 317 g/mol. The lowest BCUT2D eigenvalue weighted by Gasteiger charge is -2.06. The fourth-order valence-corrected chi connectivity index (χ4v) is 1.83. The van der Waals surface area contributed by atoms with Crippen LogP contribution >= 0.6 is 31.9 Å². The Morgan fingerprint density at radius 2 is 2.14 bits per heavy atom. The summed E-state index contributed by atoms with van der Waals surface area (Å²) in [5.74, 6) is 0.0204. The number of ketones is 1. The summed E-state index contributed by atoms with van der Waals surface area (Å²) in [7, 11) is 0. The molecule has 0 bridgehead atoms. The standard InChI is InChI=1S/C10H7Br2NO/c1-6(14)10(12)8-2-7(5-13)3-9(11)4-8/h2-4,10H,1H3. The van der Waals surface area contributed by atoms with E-state index in [0.29, 0.717) is 5.56 Å². The van der Waals surface area contributed by atoms with Gasteiger partial charge in [0.05, 0.1) is 16.5 Å². The molecule has 0 radical (unpaired) electrons. The van der Waals surface area contributed by atoms with Crippen LogP contribution in [0.4, 0.5) is 0 Å². The van der Waals surface area contributed by atoms with Gasteiger partial charge in [0.2, 0.25) is 0 Å². The first kappa shape index (κ1) is 11.4. The number of benzene rings is 1. The second-order valence-electron chi connectivity index (χ2n) is 2.86. The van der Waals surface area contributed by atoms with Crippen LogP contribution in [0.3, 0.4) is 0 Å². The molecule has 1 rings (SSSR count). The molecular formula is C10H7Br2NO. The van der Waals surface area contributed by atoms with E-state index in [2.05, 4.69) is 31.9 Å². The van der Waals surface area contributed by atoms with Gasteiger partial charge >= 0.3 is 0 Å². The SMILES string of the molecule is CC(=O)C(Br)c1cc(Br)cc(C#N)c1. The van der Waals surface area contributed by atoms with Crippen molar-refractivity contribution >= 4 is 37.6 Å². The van der Waals surface area contributed by atoms with Gasteiger partial charge in [-0.1, -0.05) is 31.9 Å². The molecule has 1 atom stereocenters. The Kier molecular flexibility index (Phi) is 3.85. The summed E-state index contributed by atoms with van der Waals surface area (Å²) in [5.41, 5.74) is 1.34. The van der Waals surface area contributed by atoms with Crippen molar-refractivity contribution < 1.29 is 4.79 Å². The number of nitriles is 1. The first-order valence-electron chi connectivity index (χ1n) is 3.89. The number of halogens is 2. The van der Waals surface area contributed by atoms with E-state index in [0.717, 1.165) is 10.0 Å². The summed E-state index contributed by atoms with van der Waals surface area (Å²) in [6.07, 6.45) is 0. The van der Waals surface area contributed by atoms with Crippen LogP contribution in [0.25, 0.3) is 0 Å². The van der Waals surface area contributed by atoms with Crippen LogP contribution in [0.1, 0.15) is 22.9 Å². The number of alkyl halides is 1. The second-order valence-corrected chi connectivity index (χ2v) is 4.69. The molecule has 0 amide bonds. The molecule has 0 spiro atoms. The maximum Gasteiger partial charge on any atom is 0.147 e. The van der Waals surface area contributed by atoms with Crippen molar-refractivity contribution in [2.75, 3.05) is 0 Å². The lowest BCUT2D eigenvalue weighted by Crippen LogP contribution is -2.01. The van der Waals surface area contributed by atoms with Gasteiger partial charge in [-0.25, -0.2) is 0 Å². The van der Waals surface area contributed by atoms with Crippen LogP contribution in [0.15, 0.2) is 22.7 Å². The Morgan fingerprint density at radius 3 is 2.64 bits per heavy atom. The highest BCUT2D eigenvalue weighted by Crippen LogP contribution is 2.27. The number of hydrogen-bond acceptors (Lipinski definition) is 2. The minimum Gasteiger partial charge on any atom is -0.298 e. The maximum absolute atomic E-state index is 11.1. The zero-order valence-corrected chi connectivity index (χ0v) is 10.6. The lowest BCUT2D eigenvalue weighted by atomic mass is 10.1. The van der Waals surface area contributed by atoms with Crippen LogP contribution in [0, 0.1) is 11.3 Å². The average Bonchev–Trinajstić information content (AvgIpc) is 2.15. The second kappa shape index (κ2) is 4.72. The van der Waals surface area contributed by atoms with Crippen molar-refractivity contribution in [3.8, 4) is 6.07 Å². The quantitative estimate of drug-likeness (QED) is 0.785. The number of nitrogens with zero attached hydrogens (tertiary/aromatic N) is 1. The van der Waals surface area contributed by atoms with Gasteiger partial charge in [-0.2, -0.15) is 5.26 Å². The summed E-state index contributed by atoms with van der Waals surface area (Å²) in [5, 5.41) is 8.74. The fraction of sp³-hybridized carbons (Fsp3) is 0.200. The smallest absolute Gasteiger partial charge is 0.147 e. The normalized spacial score (nSPS) is 11.9. The predicted molar refractivity (Wildman–Crippen MR) is 61.2 cm³/mol. The van der Waals surface area contributed by atoms with E-state index in [4.69, 9.17) is 5.26 Å². The molecule has 2 nitrogen and oxygen atoms in total. The van der Waals surface area contributed by atoms with Gasteiger partial charge in [-0.3, -0.25) is 4.79 Å². The van der Waals surface area contributed by atoms with E-state index >= 15 is 0 Å². The Bertz CT molecular complexity index is 409. The Hall–Kier alpha value is -0.660. The predicted octanol–water partition coefficient (Wildman–Crippen LogP) is 3.35. The van der Waals surface area contributed by atoms with Gasteiger partial charge in [0.1, 0.15) is 5.78 Å². The first-order chi connectivity index (χ1) is 6.54.